The van der Waals surface area contributed by atoms with Gasteiger partial charge in [-0.2, -0.15) is 8.78 Å². The molecule has 0 saturated carbocycles. The van der Waals surface area contributed by atoms with E-state index in [0.717, 1.165) is 5.56 Å². The Balaban J connectivity index is 1.82. The second kappa shape index (κ2) is 8.97. The summed E-state index contributed by atoms with van der Waals surface area (Å²) in [7, 11) is 0. The second-order valence-electron chi connectivity index (χ2n) is 5.11. The molecule has 0 aromatic heterocycles. The van der Waals surface area contributed by atoms with E-state index in [-0.39, 0.29) is 13.2 Å². The molecule has 144 valence electrons. The van der Waals surface area contributed by atoms with Crippen LogP contribution >= 0.6 is 0 Å². The Kier molecular flexibility index (Phi) is 6.69. The van der Waals surface area contributed by atoms with Crippen molar-refractivity contribution in [2.24, 2.45) is 0 Å². The molecule has 1 N–H and O–H groups in total. The average Bonchev–Trinajstić information content (AvgIpc) is 2.67. The highest BCUT2D eigenvalue weighted by atomic mass is 19.2. The summed E-state index contributed by atoms with van der Waals surface area (Å²) >= 11 is 0. The predicted molar refractivity (Wildman–Crippen MR) is 81.1 cm³/mol. The topological polar surface area (TPSA) is 64.6 Å². The quantitative estimate of drug-likeness (QED) is 0.270. The molecule has 0 saturated heterocycles. The van der Waals surface area contributed by atoms with Crippen LogP contribution in [0.4, 0.5) is 26.7 Å². The van der Waals surface area contributed by atoms with E-state index in [9.17, 15) is 31.5 Å². The monoisotopic (exact) mass is 389 g/mol. The van der Waals surface area contributed by atoms with Crippen molar-refractivity contribution < 1.29 is 41.0 Å². The van der Waals surface area contributed by atoms with Crippen molar-refractivity contribution in [3.8, 4) is 5.75 Å². The molecule has 0 spiro atoms. The third-order valence-electron chi connectivity index (χ3n) is 3.20. The van der Waals surface area contributed by atoms with Crippen LogP contribution in [0.5, 0.6) is 5.75 Å². The molecule has 2 aromatic rings. The van der Waals surface area contributed by atoms with Gasteiger partial charge in [-0.05, 0) is 5.56 Å². The number of carbonyl (C=O) groups is 2. The summed E-state index contributed by atoms with van der Waals surface area (Å²) in [5.74, 6) is -14.4. The number of esters is 1. The van der Waals surface area contributed by atoms with Crippen molar-refractivity contribution in [3.05, 3.63) is 65.0 Å². The Hall–Kier alpha value is -3.17. The largest absolute Gasteiger partial charge is 0.445 e. The maximum absolute atomic E-state index is 13.4. The van der Waals surface area contributed by atoms with Gasteiger partial charge in [0.2, 0.25) is 34.8 Å². The Morgan fingerprint density at radius 3 is 2.00 bits per heavy atom. The molecule has 0 fully saturated rings. The molecule has 2 rings (SSSR count). The van der Waals surface area contributed by atoms with Crippen LogP contribution < -0.4 is 10.1 Å². The summed E-state index contributed by atoms with van der Waals surface area (Å²) in [4.78, 5) is 22.9. The first-order valence-corrected chi connectivity index (χ1v) is 7.48. The lowest BCUT2D eigenvalue weighted by atomic mass is 10.2. The normalized spacial score (nSPS) is 10.4. The zero-order valence-electron chi connectivity index (χ0n) is 13.5. The molecule has 0 radical (unpaired) electrons. The Morgan fingerprint density at radius 1 is 0.852 bits per heavy atom. The van der Waals surface area contributed by atoms with E-state index in [1.54, 1.807) is 30.3 Å². The first kappa shape index (κ1) is 20.1. The molecule has 27 heavy (non-hydrogen) atoms. The van der Waals surface area contributed by atoms with E-state index in [4.69, 9.17) is 4.74 Å². The highest BCUT2D eigenvalue weighted by Gasteiger charge is 2.28. The van der Waals surface area contributed by atoms with Gasteiger partial charge in [-0.15, -0.1) is 0 Å². The van der Waals surface area contributed by atoms with E-state index >= 15 is 0 Å². The number of hydrogen-bond acceptors (Lipinski definition) is 4. The van der Waals surface area contributed by atoms with E-state index in [2.05, 4.69) is 10.1 Å². The van der Waals surface area contributed by atoms with Crippen LogP contribution in [0.15, 0.2) is 30.3 Å². The Morgan fingerprint density at radius 2 is 1.41 bits per heavy atom. The molecular weight excluding hydrogens is 377 g/mol. The summed E-state index contributed by atoms with van der Waals surface area (Å²) in [5.41, 5.74) is 0.721. The van der Waals surface area contributed by atoms with Crippen molar-refractivity contribution in [1.29, 1.82) is 0 Å². The number of rotatable bonds is 6. The number of amides is 1. The minimum absolute atomic E-state index is 0.0261. The van der Waals surface area contributed by atoms with E-state index < -0.39 is 53.3 Å². The van der Waals surface area contributed by atoms with E-state index in [1.807, 2.05) is 0 Å². The van der Waals surface area contributed by atoms with Gasteiger partial charge in [0.25, 0.3) is 0 Å². The summed E-state index contributed by atoms with van der Waals surface area (Å²) < 4.78 is 74.7. The van der Waals surface area contributed by atoms with Gasteiger partial charge in [0.05, 0.1) is 6.42 Å². The predicted octanol–water partition coefficient (Wildman–Crippen LogP) is 3.60. The summed E-state index contributed by atoms with van der Waals surface area (Å²) in [5, 5.41) is 2.17. The van der Waals surface area contributed by atoms with Gasteiger partial charge in [0.15, 0.2) is 0 Å². The van der Waals surface area contributed by atoms with Crippen LogP contribution in [-0.4, -0.2) is 18.6 Å². The maximum atomic E-state index is 13.4. The van der Waals surface area contributed by atoms with Gasteiger partial charge in [0, 0.05) is 6.54 Å². The van der Waals surface area contributed by atoms with Crippen LogP contribution in [0.3, 0.4) is 0 Å². The molecule has 0 atom stereocenters. The minimum atomic E-state index is -2.37. The van der Waals surface area contributed by atoms with Crippen LogP contribution in [-0.2, 0) is 16.1 Å². The Bertz CT molecular complexity index is 816. The number of ether oxygens (including phenoxy) is 2. The van der Waals surface area contributed by atoms with Gasteiger partial charge in [-0.3, -0.25) is 4.79 Å². The van der Waals surface area contributed by atoms with Crippen LogP contribution in [0.2, 0.25) is 0 Å². The highest BCUT2D eigenvalue weighted by Crippen LogP contribution is 2.29. The number of halogens is 5. The number of carbonyl (C=O) groups excluding carboxylic acids is 2. The molecule has 0 heterocycles. The maximum Gasteiger partial charge on any atom is 0.407 e. The van der Waals surface area contributed by atoms with Gasteiger partial charge in [-0.25, -0.2) is 18.0 Å². The van der Waals surface area contributed by atoms with Crippen molar-refractivity contribution in [1.82, 2.24) is 5.32 Å². The van der Waals surface area contributed by atoms with E-state index in [1.165, 1.54) is 0 Å². The lowest BCUT2D eigenvalue weighted by Gasteiger charge is -2.09. The van der Waals surface area contributed by atoms with Gasteiger partial charge >= 0.3 is 12.1 Å². The lowest BCUT2D eigenvalue weighted by molar-refractivity contribution is -0.134. The molecule has 0 aliphatic rings. The smallest absolute Gasteiger partial charge is 0.407 e. The molecule has 0 aliphatic heterocycles. The molecule has 10 heteroatoms. The number of nitrogens with one attached hydrogen (secondary N) is 1. The minimum Gasteiger partial charge on any atom is -0.445 e. The number of alkyl carbamates (subject to hydrolysis) is 1. The molecule has 0 aliphatic carbocycles. The molecule has 1 amide bonds. The number of hydrogen-bond donors (Lipinski definition) is 1. The summed E-state index contributed by atoms with van der Waals surface area (Å²) in [6, 6.07) is 8.70. The summed E-state index contributed by atoms with van der Waals surface area (Å²) in [6.07, 6.45) is -1.47. The fourth-order valence-corrected chi connectivity index (χ4v) is 1.88. The first-order chi connectivity index (χ1) is 12.8. The number of benzene rings is 2. The van der Waals surface area contributed by atoms with Crippen molar-refractivity contribution in [2.75, 3.05) is 6.54 Å². The fraction of sp³-hybridized carbons (Fsp3) is 0.176. The lowest BCUT2D eigenvalue weighted by Crippen LogP contribution is -2.28. The van der Waals surface area contributed by atoms with Crippen LogP contribution in [0.1, 0.15) is 12.0 Å². The third-order valence-corrected chi connectivity index (χ3v) is 3.20. The van der Waals surface area contributed by atoms with Crippen molar-refractivity contribution >= 4 is 12.1 Å². The van der Waals surface area contributed by atoms with Crippen LogP contribution in [0, 0.1) is 29.1 Å². The Labute approximate surface area is 149 Å². The van der Waals surface area contributed by atoms with Gasteiger partial charge < -0.3 is 14.8 Å². The van der Waals surface area contributed by atoms with E-state index in [0.29, 0.717) is 0 Å². The zero-order chi connectivity index (χ0) is 20.0. The molecule has 5 nitrogen and oxygen atoms in total. The second-order valence-corrected chi connectivity index (χ2v) is 5.11. The fourth-order valence-electron chi connectivity index (χ4n) is 1.88. The summed E-state index contributed by atoms with van der Waals surface area (Å²) in [6.45, 7) is -0.371. The molecule has 2 aromatic carbocycles. The third kappa shape index (κ3) is 5.16. The first-order valence-electron chi connectivity index (χ1n) is 7.48. The van der Waals surface area contributed by atoms with Crippen molar-refractivity contribution in [3.63, 3.8) is 0 Å². The highest BCUT2D eigenvalue weighted by molar-refractivity contribution is 5.74. The van der Waals surface area contributed by atoms with Crippen LogP contribution in [0.25, 0.3) is 0 Å². The standard InChI is InChI=1S/C17H12F5NO4/c18-11-12(19)14(21)16(15(22)13(11)20)27-10(24)6-7-23-17(25)26-8-9-4-2-1-3-5-9/h1-5H,6-8H2,(H,23,25). The molecule has 0 bridgehead atoms. The average molecular weight is 389 g/mol. The SMILES string of the molecule is O=C(CCNC(=O)OCc1ccccc1)Oc1c(F)c(F)c(F)c(F)c1F. The van der Waals surface area contributed by atoms with Crippen molar-refractivity contribution in [2.45, 2.75) is 13.0 Å². The molecular formula is C17H12F5NO4. The van der Waals surface area contributed by atoms with Gasteiger partial charge in [0.1, 0.15) is 6.61 Å². The zero-order valence-corrected chi connectivity index (χ0v) is 13.5. The van der Waals surface area contributed by atoms with Gasteiger partial charge in [-0.1, -0.05) is 30.3 Å². The molecule has 0 unspecified atom stereocenters.